The molecule has 7 heteroatoms. The molecule has 3 heterocycles. The highest BCUT2D eigenvalue weighted by Gasteiger charge is 2.42. The summed E-state index contributed by atoms with van der Waals surface area (Å²) in [4.78, 5) is 18.0. The first-order valence-electron chi connectivity index (χ1n) is 6.42. The molecule has 0 aromatic carbocycles. The number of rotatable bonds is 2. The summed E-state index contributed by atoms with van der Waals surface area (Å²) in [6, 6.07) is 3.91. The van der Waals surface area contributed by atoms with Crippen LogP contribution < -0.4 is 4.90 Å². The highest BCUT2D eigenvalue weighted by molar-refractivity contribution is 7.14. The lowest BCUT2D eigenvalue weighted by Gasteiger charge is -2.24. The Hall–Kier alpha value is -2.33. The monoisotopic (exact) mass is 302 g/mol. The molecule has 6 nitrogen and oxygen atoms in total. The number of ether oxygens (including phenoxy) is 1. The molecule has 2 aromatic rings. The van der Waals surface area contributed by atoms with Crippen LogP contribution in [0, 0.1) is 11.3 Å². The molecule has 0 N–H and O–H groups in total. The first-order valence-corrected chi connectivity index (χ1v) is 7.30. The third kappa shape index (κ3) is 2.17. The molecule has 0 atom stereocenters. The predicted octanol–water partition coefficient (Wildman–Crippen LogP) is 2.76. The zero-order valence-corrected chi connectivity index (χ0v) is 12.8. The summed E-state index contributed by atoms with van der Waals surface area (Å²) in [6.45, 7) is 4.23. The van der Waals surface area contributed by atoms with Crippen LogP contribution in [0.1, 0.15) is 19.5 Å². The van der Waals surface area contributed by atoms with Crippen molar-refractivity contribution in [2.24, 2.45) is 7.05 Å². The van der Waals surface area contributed by atoms with Gasteiger partial charge in [0.25, 0.3) is 0 Å². The van der Waals surface area contributed by atoms with E-state index in [-0.39, 0.29) is 6.09 Å². The van der Waals surface area contributed by atoms with Crippen molar-refractivity contribution in [1.82, 2.24) is 9.55 Å². The van der Waals surface area contributed by atoms with Gasteiger partial charge in [0, 0.05) is 24.2 Å². The SMILES string of the molecule is Cn1cc(-c2csc(N3C(=O)OCC3(C)C)n2)cc1C#N. The van der Waals surface area contributed by atoms with Gasteiger partial charge in [-0.05, 0) is 19.9 Å². The van der Waals surface area contributed by atoms with Gasteiger partial charge in [-0.2, -0.15) is 5.26 Å². The average Bonchev–Trinajstić information content (AvgIpc) is 3.08. The van der Waals surface area contributed by atoms with Gasteiger partial charge in [-0.25, -0.2) is 14.7 Å². The Balaban J connectivity index is 1.97. The smallest absolute Gasteiger partial charge is 0.416 e. The van der Waals surface area contributed by atoms with Gasteiger partial charge >= 0.3 is 6.09 Å². The third-order valence-electron chi connectivity index (χ3n) is 3.44. The molecule has 1 aliphatic heterocycles. The molecule has 0 spiro atoms. The fourth-order valence-corrected chi connectivity index (χ4v) is 3.25. The first kappa shape index (κ1) is 13.6. The van der Waals surface area contributed by atoms with Crippen molar-refractivity contribution >= 4 is 22.6 Å². The second-order valence-electron chi connectivity index (χ2n) is 5.55. The van der Waals surface area contributed by atoms with E-state index < -0.39 is 5.54 Å². The van der Waals surface area contributed by atoms with Gasteiger partial charge in [0.2, 0.25) is 0 Å². The largest absolute Gasteiger partial charge is 0.447 e. The Labute approximate surface area is 126 Å². The van der Waals surface area contributed by atoms with Crippen LogP contribution in [0.2, 0.25) is 0 Å². The van der Waals surface area contributed by atoms with Crippen molar-refractivity contribution in [3.8, 4) is 17.3 Å². The van der Waals surface area contributed by atoms with Crippen molar-refractivity contribution in [2.75, 3.05) is 11.5 Å². The van der Waals surface area contributed by atoms with E-state index in [9.17, 15) is 4.79 Å². The fourth-order valence-electron chi connectivity index (χ4n) is 2.27. The van der Waals surface area contributed by atoms with E-state index >= 15 is 0 Å². The normalized spacial score (nSPS) is 16.9. The molecule has 1 aliphatic rings. The summed E-state index contributed by atoms with van der Waals surface area (Å²) in [5.41, 5.74) is 1.78. The number of hydrogen-bond donors (Lipinski definition) is 0. The summed E-state index contributed by atoms with van der Waals surface area (Å²) in [5, 5.41) is 11.5. The van der Waals surface area contributed by atoms with Gasteiger partial charge in [-0.3, -0.25) is 0 Å². The van der Waals surface area contributed by atoms with Crippen molar-refractivity contribution in [1.29, 1.82) is 5.26 Å². The Morgan fingerprint density at radius 1 is 1.52 bits per heavy atom. The van der Waals surface area contributed by atoms with E-state index in [2.05, 4.69) is 11.1 Å². The van der Waals surface area contributed by atoms with Crippen LogP contribution in [-0.4, -0.2) is 27.8 Å². The minimum Gasteiger partial charge on any atom is -0.447 e. The Bertz CT molecular complexity index is 753. The van der Waals surface area contributed by atoms with Crippen LogP contribution in [0.5, 0.6) is 0 Å². The van der Waals surface area contributed by atoms with Crippen LogP contribution in [0.4, 0.5) is 9.93 Å². The number of carbonyl (C=O) groups excluding carboxylic acids is 1. The zero-order valence-electron chi connectivity index (χ0n) is 12.0. The number of cyclic esters (lactones) is 1. The lowest BCUT2D eigenvalue weighted by atomic mass is 10.1. The maximum absolute atomic E-state index is 11.9. The molecule has 1 fully saturated rings. The molecule has 1 amide bonds. The van der Waals surface area contributed by atoms with Crippen LogP contribution in [0.3, 0.4) is 0 Å². The van der Waals surface area contributed by atoms with Gasteiger partial charge in [0.1, 0.15) is 18.4 Å². The maximum Gasteiger partial charge on any atom is 0.416 e. The van der Waals surface area contributed by atoms with Crippen LogP contribution in [0.15, 0.2) is 17.6 Å². The van der Waals surface area contributed by atoms with Gasteiger partial charge in [-0.1, -0.05) is 0 Å². The molecule has 0 bridgehead atoms. The zero-order chi connectivity index (χ0) is 15.2. The number of aromatic nitrogens is 2. The van der Waals surface area contributed by atoms with E-state index in [4.69, 9.17) is 10.00 Å². The molecular weight excluding hydrogens is 288 g/mol. The molecule has 108 valence electrons. The topological polar surface area (TPSA) is 71.2 Å². The number of hydrogen-bond acceptors (Lipinski definition) is 5. The van der Waals surface area contributed by atoms with Crippen molar-refractivity contribution in [2.45, 2.75) is 19.4 Å². The minimum atomic E-state index is -0.402. The van der Waals surface area contributed by atoms with Gasteiger partial charge in [0.15, 0.2) is 5.13 Å². The van der Waals surface area contributed by atoms with E-state index in [0.29, 0.717) is 17.4 Å². The minimum absolute atomic E-state index is 0.352. The van der Waals surface area contributed by atoms with Crippen molar-refractivity contribution in [3.05, 3.63) is 23.3 Å². The molecule has 21 heavy (non-hydrogen) atoms. The second kappa shape index (κ2) is 4.60. The van der Waals surface area contributed by atoms with Gasteiger partial charge in [0.05, 0.1) is 11.2 Å². The number of nitriles is 1. The van der Waals surface area contributed by atoms with Gasteiger partial charge in [-0.15, -0.1) is 11.3 Å². The van der Waals surface area contributed by atoms with Crippen LogP contribution in [-0.2, 0) is 11.8 Å². The summed E-state index contributed by atoms with van der Waals surface area (Å²) in [6.07, 6.45) is 1.48. The van der Waals surface area contributed by atoms with E-state index in [1.165, 1.54) is 11.3 Å². The summed E-state index contributed by atoms with van der Waals surface area (Å²) >= 11 is 1.39. The molecule has 3 rings (SSSR count). The standard InChI is InChI=1S/C14H14N4O2S/c1-14(2)8-20-13(19)18(14)12-16-11(7-21-12)9-4-10(5-15)17(3)6-9/h4,6-7H,8H2,1-3H3. The van der Waals surface area contributed by atoms with Crippen LogP contribution >= 0.6 is 11.3 Å². The number of aryl methyl sites for hydroxylation is 1. The average molecular weight is 302 g/mol. The van der Waals surface area contributed by atoms with E-state index in [1.54, 1.807) is 15.5 Å². The lowest BCUT2D eigenvalue weighted by molar-refractivity contribution is 0.175. The molecule has 0 unspecified atom stereocenters. The number of carbonyl (C=O) groups is 1. The Morgan fingerprint density at radius 2 is 2.29 bits per heavy atom. The molecule has 0 aliphatic carbocycles. The number of thiazole rings is 1. The lowest BCUT2D eigenvalue weighted by Crippen LogP contribution is -2.42. The molecule has 0 radical (unpaired) electrons. The molecule has 0 saturated carbocycles. The Morgan fingerprint density at radius 3 is 2.86 bits per heavy atom. The maximum atomic E-state index is 11.9. The van der Waals surface area contributed by atoms with Crippen molar-refractivity contribution < 1.29 is 9.53 Å². The number of nitrogens with zero attached hydrogens (tertiary/aromatic N) is 4. The second-order valence-corrected chi connectivity index (χ2v) is 6.39. The summed E-state index contributed by atoms with van der Waals surface area (Å²) in [7, 11) is 1.82. The number of amides is 1. The van der Waals surface area contributed by atoms with E-state index in [0.717, 1.165) is 11.3 Å². The molecule has 1 saturated heterocycles. The first-order chi connectivity index (χ1) is 9.92. The molecule has 2 aromatic heterocycles. The quantitative estimate of drug-likeness (QED) is 0.855. The fraction of sp³-hybridized carbons (Fsp3) is 0.357. The summed E-state index contributed by atoms with van der Waals surface area (Å²) in [5.74, 6) is 0. The summed E-state index contributed by atoms with van der Waals surface area (Å²) < 4.78 is 6.85. The highest BCUT2D eigenvalue weighted by Crippen LogP contribution is 2.35. The van der Waals surface area contributed by atoms with E-state index in [1.807, 2.05) is 32.5 Å². The highest BCUT2D eigenvalue weighted by atomic mass is 32.1. The van der Waals surface area contributed by atoms with Crippen molar-refractivity contribution in [3.63, 3.8) is 0 Å². The predicted molar refractivity (Wildman–Crippen MR) is 79.1 cm³/mol. The Kier molecular flexibility index (Phi) is 2.99. The third-order valence-corrected chi connectivity index (χ3v) is 4.26. The molecular formula is C14H14N4O2S. The van der Waals surface area contributed by atoms with Crippen LogP contribution in [0.25, 0.3) is 11.3 Å². The van der Waals surface area contributed by atoms with Gasteiger partial charge < -0.3 is 9.30 Å². The number of anilines is 1.